The summed E-state index contributed by atoms with van der Waals surface area (Å²) in [6, 6.07) is 3.50. The van der Waals surface area contributed by atoms with Crippen LogP contribution in [-0.4, -0.2) is 17.8 Å². The highest BCUT2D eigenvalue weighted by Gasteiger charge is 2.22. The van der Waals surface area contributed by atoms with Crippen molar-refractivity contribution in [3.05, 3.63) is 26.6 Å². The molecular formula is C10H10Br2ClNO3. The number of ether oxygens (including phenoxy) is 1. The maximum absolute atomic E-state index is 11.1. The minimum absolute atomic E-state index is 0. The van der Waals surface area contributed by atoms with Gasteiger partial charge in [-0.15, -0.1) is 12.4 Å². The number of carbonyl (C=O) groups excluding carboxylic acids is 1. The Bertz CT molecular complexity index is 419. The summed E-state index contributed by atoms with van der Waals surface area (Å²) in [7, 11) is 0. The monoisotopic (exact) mass is 385 g/mol. The van der Waals surface area contributed by atoms with Crippen LogP contribution in [0.25, 0.3) is 0 Å². The summed E-state index contributed by atoms with van der Waals surface area (Å²) in [5, 5.41) is 12.3. The maximum atomic E-state index is 11.1. The van der Waals surface area contributed by atoms with E-state index in [9.17, 15) is 9.90 Å². The molecule has 0 aliphatic carbocycles. The van der Waals surface area contributed by atoms with E-state index in [1.807, 2.05) is 0 Å². The molecule has 1 fully saturated rings. The number of carbonyl (C=O) groups is 1. The van der Waals surface area contributed by atoms with Gasteiger partial charge in [-0.05, 0) is 49.6 Å². The molecule has 4 nitrogen and oxygen atoms in total. The van der Waals surface area contributed by atoms with Crippen LogP contribution >= 0.6 is 44.3 Å². The van der Waals surface area contributed by atoms with Crippen LogP contribution < -0.4 is 5.32 Å². The highest BCUT2D eigenvalue weighted by Crippen LogP contribution is 2.36. The first kappa shape index (κ1) is 14.6. The van der Waals surface area contributed by atoms with Crippen molar-refractivity contribution in [2.45, 2.75) is 12.5 Å². The lowest BCUT2D eigenvalue weighted by atomic mass is 10.0. The van der Waals surface area contributed by atoms with Gasteiger partial charge in [-0.2, -0.15) is 0 Å². The van der Waals surface area contributed by atoms with E-state index in [1.54, 1.807) is 12.1 Å². The Labute approximate surface area is 121 Å². The van der Waals surface area contributed by atoms with Crippen LogP contribution in [0.4, 0.5) is 4.79 Å². The Hall–Kier alpha value is -0.460. The largest absolute Gasteiger partial charge is 0.506 e. The topological polar surface area (TPSA) is 58.6 Å². The van der Waals surface area contributed by atoms with Gasteiger partial charge in [0.15, 0.2) is 0 Å². The molecule has 0 radical (unpaired) electrons. The molecule has 0 unspecified atom stereocenters. The summed E-state index contributed by atoms with van der Waals surface area (Å²) in [5.74, 6) is 0.155. The predicted octanol–water partition coefficient (Wildman–Crippen LogP) is 3.51. The highest BCUT2D eigenvalue weighted by molar-refractivity contribution is 9.11. The van der Waals surface area contributed by atoms with Gasteiger partial charge < -0.3 is 15.2 Å². The fourth-order valence-electron chi connectivity index (χ4n) is 1.56. The molecule has 1 aliphatic heterocycles. The Balaban J connectivity index is 0.00000144. The van der Waals surface area contributed by atoms with E-state index in [-0.39, 0.29) is 24.2 Å². The van der Waals surface area contributed by atoms with Crippen molar-refractivity contribution in [2.75, 3.05) is 6.61 Å². The molecule has 1 heterocycles. The lowest BCUT2D eigenvalue weighted by Crippen LogP contribution is -2.35. The molecule has 0 bridgehead atoms. The molecule has 0 saturated carbocycles. The van der Waals surface area contributed by atoms with Crippen LogP contribution in [0, 0.1) is 0 Å². The molecule has 1 aliphatic rings. The van der Waals surface area contributed by atoms with Crippen LogP contribution in [0.3, 0.4) is 0 Å². The van der Waals surface area contributed by atoms with Crippen molar-refractivity contribution in [2.24, 2.45) is 0 Å². The average Bonchev–Trinajstić information content (AvgIpc) is 2.25. The second-order valence-corrected chi connectivity index (χ2v) is 5.16. The Morgan fingerprint density at radius 2 is 1.94 bits per heavy atom. The van der Waals surface area contributed by atoms with Gasteiger partial charge in [0.25, 0.3) is 0 Å². The van der Waals surface area contributed by atoms with Gasteiger partial charge in [0.05, 0.1) is 21.6 Å². The number of nitrogens with one attached hydrogen (secondary N) is 1. The van der Waals surface area contributed by atoms with Crippen molar-refractivity contribution in [1.29, 1.82) is 0 Å². The molecule has 1 saturated heterocycles. The number of cyclic esters (lactones) is 1. The Kier molecular flexibility index (Phi) is 5.09. The van der Waals surface area contributed by atoms with Crippen molar-refractivity contribution < 1.29 is 14.6 Å². The van der Waals surface area contributed by atoms with E-state index >= 15 is 0 Å². The summed E-state index contributed by atoms with van der Waals surface area (Å²) in [4.78, 5) is 11.1. The lowest BCUT2D eigenvalue weighted by molar-refractivity contribution is 0.115. The van der Waals surface area contributed by atoms with Gasteiger partial charge in [-0.3, -0.25) is 0 Å². The second-order valence-electron chi connectivity index (χ2n) is 3.45. The summed E-state index contributed by atoms with van der Waals surface area (Å²) in [6.45, 7) is 0.409. The Morgan fingerprint density at radius 1 is 1.35 bits per heavy atom. The molecule has 0 spiro atoms. The number of hydrogen-bond donors (Lipinski definition) is 2. The third-order valence-corrected chi connectivity index (χ3v) is 3.58. The lowest BCUT2D eigenvalue weighted by Gasteiger charge is -2.24. The van der Waals surface area contributed by atoms with Crippen LogP contribution in [0.15, 0.2) is 21.1 Å². The average molecular weight is 387 g/mol. The minimum atomic E-state index is -0.406. The van der Waals surface area contributed by atoms with E-state index in [4.69, 9.17) is 4.74 Å². The first-order chi connectivity index (χ1) is 7.58. The molecule has 17 heavy (non-hydrogen) atoms. The summed E-state index contributed by atoms with van der Waals surface area (Å²) in [6.07, 6.45) is 0.312. The molecular weight excluding hydrogens is 377 g/mol. The predicted molar refractivity (Wildman–Crippen MR) is 72.6 cm³/mol. The van der Waals surface area contributed by atoms with Gasteiger partial charge in [0.1, 0.15) is 5.75 Å². The summed E-state index contributed by atoms with van der Waals surface area (Å²) < 4.78 is 5.98. The molecule has 7 heteroatoms. The first-order valence-electron chi connectivity index (χ1n) is 4.69. The number of hydrogen-bond acceptors (Lipinski definition) is 3. The number of alkyl carbamates (subject to hydrolysis) is 1. The van der Waals surface area contributed by atoms with E-state index in [2.05, 4.69) is 37.2 Å². The molecule has 2 rings (SSSR count). The smallest absolute Gasteiger partial charge is 0.407 e. The maximum Gasteiger partial charge on any atom is 0.407 e. The number of aromatic hydroxyl groups is 1. The summed E-state index contributed by atoms with van der Waals surface area (Å²) in [5.41, 5.74) is 0.924. The standard InChI is InChI=1S/C10H9Br2NO3.ClH/c11-6-3-5(4-7(12)9(6)14)8-1-2-16-10(15)13-8;/h3-4,8,14H,1-2H2,(H,13,15);1H/t8-;/m0./s1. The number of phenols is 1. The number of amides is 1. The zero-order valence-corrected chi connectivity index (χ0v) is 12.6. The molecule has 0 aromatic heterocycles. The molecule has 2 N–H and O–H groups in total. The number of phenolic OH excluding ortho intramolecular Hbond substituents is 1. The van der Waals surface area contributed by atoms with Crippen LogP contribution in [0.2, 0.25) is 0 Å². The van der Waals surface area contributed by atoms with E-state index < -0.39 is 6.09 Å². The minimum Gasteiger partial charge on any atom is -0.506 e. The quantitative estimate of drug-likeness (QED) is 0.775. The van der Waals surface area contributed by atoms with E-state index in [0.29, 0.717) is 15.6 Å². The number of benzene rings is 1. The van der Waals surface area contributed by atoms with Crippen molar-refractivity contribution in [3.63, 3.8) is 0 Å². The van der Waals surface area contributed by atoms with Crippen molar-refractivity contribution in [3.8, 4) is 5.75 Å². The van der Waals surface area contributed by atoms with E-state index in [0.717, 1.165) is 12.0 Å². The normalized spacial score (nSPS) is 18.9. The zero-order valence-electron chi connectivity index (χ0n) is 8.57. The van der Waals surface area contributed by atoms with E-state index in [1.165, 1.54) is 0 Å². The van der Waals surface area contributed by atoms with Crippen molar-refractivity contribution in [1.82, 2.24) is 5.32 Å². The molecule has 1 aromatic rings. The highest BCUT2D eigenvalue weighted by atomic mass is 79.9. The molecule has 1 atom stereocenters. The number of halogens is 3. The van der Waals surface area contributed by atoms with Crippen molar-refractivity contribution >= 4 is 50.4 Å². The van der Waals surface area contributed by atoms with Gasteiger partial charge >= 0.3 is 6.09 Å². The number of rotatable bonds is 1. The fourth-order valence-corrected chi connectivity index (χ4v) is 2.78. The molecule has 1 amide bonds. The molecule has 1 aromatic carbocycles. The molecule has 94 valence electrons. The third-order valence-electron chi connectivity index (χ3n) is 2.37. The van der Waals surface area contributed by atoms with Crippen LogP contribution in [0.5, 0.6) is 5.75 Å². The van der Waals surface area contributed by atoms with Gasteiger partial charge in [0, 0.05) is 6.42 Å². The fraction of sp³-hybridized carbons (Fsp3) is 0.300. The van der Waals surface area contributed by atoms with Gasteiger partial charge in [-0.25, -0.2) is 4.79 Å². The van der Waals surface area contributed by atoms with Gasteiger partial charge in [0.2, 0.25) is 0 Å². The van der Waals surface area contributed by atoms with Gasteiger partial charge in [-0.1, -0.05) is 0 Å². The van der Waals surface area contributed by atoms with Crippen LogP contribution in [-0.2, 0) is 4.74 Å². The zero-order chi connectivity index (χ0) is 11.7. The van der Waals surface area contributed by atoms with Crippen LogP contribution in [0.1, 0.15) is 18.0 Å². The summed E-state index contributed by atoms with van der Waals surface area (Å²) >= 11 is 6.51. The SMILES string of the molecule is Cl.O=C1N[C@H](c2cc(Br)c(O)c(Br)c2)CCO1. The third kappa shape index (κ3) is 3.26. The second kappa shape index (κ2) is 5.93. The first-order valence-corrected chi connectivity index (χ1v) is 6.27. The Morgan fingerprint density at radius 3 is 2.47 bits per heavy atom.